The molecule has 0 spiro atoms. The summed E-state index contributed by atoms with van der Waals surface area (Å²) in [5.41, 5.74) is 1.65. The molecule has 3 aromatic rings. The number of hydrogen-bond acceptors (Lipinski definition) is 0. The minimum absolute atomic E-state index is 0.220. The van der Waals surface area contributed by atoms with Gasteiger partial charge in [-0.15, -0.1) is 0 Å². The molecule has 0 aliphatic heterocycles. The van der Waals surface area contributed by atoms with Gasteiger partial charge in [0.15, 0.2) is 0 Å². The number of aromatic nitrogens is 1. The molecule has 18 heavy (non-hydrogen) atoms. The van der Waals surface area contributed by atoms with Gasteiger partial charge in [0.05, 0.1) is 10.2 Å². The fourth-order valence-corrected chi connectivity index (χ4v) is 2.64. The van der Waals surface area contributed by atoms with Crippen molar-refractivity contribution in [2.24, 2.45) is 0 Å². The van der Waals surface area contributed by atoms with E-state index < -0.39 is 11.6 Å². The highest BCUT2D eigenvalue weighted by Gasteiger charge is 2.14. The van der Waals surface area contributed by atoms with Crippen LogP contribution in [0.3, 0.4) is 0 Å². The molecule has 0 unspecified atom stereocenters. The lowest BCUT2D eigenvalue weighted by Crippen LogP contribution is -1.87. The van der Waals surface area contributed by atoms with Gasteiger partial charge in [-0.25, -0.2) is 8.78 Å². The first-order valence-corrected chi connectivity index (χ1v) is 6.18. The van der Waals surface area contributed by atoms with Gasteiger partial charge in [0.25, 0.3) is 0 Å². The highest BCUT2D eigenvalue weighted by atomic mass is 79.9. The summed E-state index contributed by atoms with van der Waals surface area (Å²) >= 11 is 3.43. The monoisotopic (exact) mass is 307 g/mol. The number of rotatable bonds is 1. The molecular formula is C14H8BrF2N. The van der Waals surface area contributed by atoms with Crippen LogP contribution in [0.25, 0.3) is 22.2 Å². The number of halogens is 3. The fourth-order valence-electron chi connectivity index (χ4n) is 1.98. The second-order valence-corrected chi connectivity index (χ2v) is 4.78. The van der Waals surface area contributed by atoms with Crippen LogP contribution in [0.4, 0.5) is 8.78 Å². The van der Waals surface area contributed by atoms with Crippen LogP contribution in [0.1, 0.15) is 0 Å². The lowest BCUT2D eigenvalue weighted by molar-refractivity contribution is 0.602. The van der Waals surface area contributed by atoms with Gasteiger partial charge in [0.2, 0.25) is 0 Å². The Labute approximate surface area is 111 Å². The second kappa shape index (κ2) is 4.21. The third kappa shape index (κ3) is 1.73. The molecule has 1 heterocycles. The van der Waals surface area contributed by atoms with Crippen LogP contribution in [-0.2, 0) is 0 Å². The van der Waals surface area contributed by atoms with Crippen molar-refractivity contribution in [3.05, 3.63) is 58.6 Å². The number of nitrogens with one attached hydrogen (secondary N) is 1. The van der Waals surface area contributed by atoms with E-state index in [1.807, 2.05) is 24.3 Å². The van der Waals surface area contributed by atoms with Gasteiger partial charge in [0.1, 0.15) is 11.6 Å². The predicted molar refractivity (Wildman–Crippen MR) is 71.4 cm³/mol. The van der Waals surface area contributed by atoms with Gasteiger partial charge in [-0.2, -0.15) is 0 Å². The molecule has 0 atom stereocenters. The molecule has 0 saturated heterocycles. The van der Waals surface area contributed by atoms with Gasteiger partial charge in [-0.1, -0.05) is 18.2 Å². The van der Waals surface area contributed by atoms with Crippen molar-refractivity contribution < 1.29 is 8.78 Å². The highest BCUT2D eigenvalue weighted by Crippen LogP contribution is 2.35. The molecular weight excluding hydrogens is 300 g/mol. The van der Waals surface area contributed by atoms with E-state index in [0.717, 1.165) is 27.5 Å². The van der Waals surface area contributed by atoms with E-state index in [9.17, 15) is 8.78 Å². The standard InChI is InChI=1S/C14H8BrF2N/c15-13-9-3-1-2-4-12(9)18-14(13)10-7-8(16)5-6-11(10)17/h1-7,18H. The van der Waals surface area contributed by atoms with Crippen LogP contribution in [0, 0.1) is 11.6 Å². The number of H-pyrrole nitrogens is 1. The first-order valence-electron chi connectivity index (χ1n) is 5.38. The fraction of sp³-hybridized carbons (Fsp3) is 0. The summed E-state index contributed by atoms with van der Waals surface area (Å²) in [6, 6.07) is 11.0. The molecule has 0 saturated carbocycles. The largest absolute Gasteiger partial charge is 0.353 e. The van der Waals surface area contributed by atoms with Crippen molar-refractivity contribution in [2.45, 2.75) is 0 Å². The molecule has 0 aliphatic carbocycles. The summed E-state index contributed by atoms with van der Waals surface area (Å²) in [5.74, 6) is -0.916. The van der Waals surface area contributed by atoms with Crippen LogP contribution >= 0.6 is 15.9 Å². The molecule has 0 radical (unpaired) electrons. The van der Waals surface area contributed by atoms with Crippen molar-refractivity contribution in [1.29, 1.82) is 0 Å². The van der Waals surface area contributed by atoms with Crippen molar-refractivity contribution in [3.8, 4) is 11.3 Å². The average Bonchev–Trinajstić information content (AvgIpc) is 2.71. The summed E-state index contributed by atoms with van der Waals surface area (Å²) in [4.78, 5) is 3.09. The summed E-state index contributed by atoms with van der Waals surface area (Å²) in [5, 5.41) is 0.941. The van der Waals surface area contributed by atoms with Crippen LogP contribution in [0.15, 0.2) is 46.9 Å². The Kier molecular flexibility index (Phi) is 2.67. The number of para-hydroxylation sites is 1. The molecule has 0 aliphatic rings. The Morgan fingerprint density at radius 3 is 2.56 bits per heavy atom. The van der Waals surface area contributed by atoms with Gasteiger partial charge in [-0.05, 0) is 40.2 Å². The second-order valence-electron chi connectivity index (χ2n) is 3.98. The van der Waals surface area contributed by atoms with E-state index in [1.54, 1.807) is 0 Å². The molecule has 1 N–H and O–H groups in total. The van der Waals surface area contributed by atoms with E-state index in [2.05, 4.69) is 20.9 Å². The molecule has 4 heteroatoms. The van der Waals surface area contributed by atoms with Crippen molar-refractivity contribution in [1.82, 2.24) is 4.98 Å². The van der Waals surface area contributed by atoms with Crippen LogP contribution < -0.4 is 0 Å². The zero-order valence-corrected chi connectivity index (χ0v) is 10.8. The summed E-state index contributed by atoms with van der Waals surface area (Å²) in [6.45, 7) is 0. The van der Waals surface area contributed by atoms with Crippen LogP contribution in [0.2, 0.25) is 0 Å². The molecule has 0 amide bonds. The van der Waals surface area contributed by atoms with Crippen LogP contribution in [0.5, 0.6) is 0 Å². The maximum absolute atomic E-state index is 13.8. The topological polar surface area (TPSA) is 15.8 Å². The quantitative estimate of drug-likeness (QED) is 0.660. The van der Waals surface area contributed by atoms with Gasteiger partial charge in [-0.3, -0.25) is 0 Å². The predicted octanol–water partition coefficient (Wildman–Crippen LogP) is 4.88. The third-order valence-electron chi connectivity index (χ3n) is 2.84. The maximum atomic E-state index is 13.8. The van der Waals surface area contributed by atoms with E-state index >= 15 is 0 Å². The number of fused-ring (bicyclic) bond motifs is 1. The number of benzene rings is 2. The Bertz CT molecular complexity index is 734. The Hall–Kier alpha value is -1.68. The van der Waals surface area contributed by atoms with Crippen LogP contribution in [-0.4, -0.2) is 4.98 Å². The average molecular weight is 308 g/mol. The molecule has 3 rings (SSSR count). The van der Waals surface area contributed by atoms with Crippen molar-refractivity contribution in [3.63, 3.8) is 0 Å². The molecule has 1 aromatic heterocycles. The lowest BCUT2D eigenvalue weighted by Gasteiger charge is -2.01. The van der Waals surface area contributed by atoms with E-state index in [0.29, 0.717) is 5.69 Å². The minimum Gasteiger partial charge on any atom is -0.353 e. The van der Waals surface area contributed by atoms with Crippen molar-refractivity contribution in [2.75, 3.05) is 0 Å². The molecule has 0 fully saturated rings. The minimum atomic E-state index is -0.461. The molecule has 0 bridgehead atoms. The Morgan fingerprint density at radius 2 is 1.78 bits per heavy atom. The summed E-state index contributed by atoms with van der Waals surface area (Å²) in [7, 11) is 0. The number of aromatic amines is 1. The summed E-state index contributed by atoms with van der Waals surface area (Å²) in [6.07, 6.45) is 0. The first kappa shape index (κ1) is 11.4. The summed E-state index contributed by atoms with van der Waals surface area (Å²) < 4.78 is 27.7. The smallest absolute Gasteiger partial charge is 0.132 e. The Morgan fingerprint density at radius 1 is 1.00 bits per heavy atom. The first-order chi connectivity index (χ1) is 8.66. The lowest BCUT2D eigenvalue weighted by atomic mass is 10.1. The normalized spacial score (nSPS) is 11.1. The zero-order chi connectivity index (χ0) is 12.7. The molecule has 2 aromatic carbocycles. The maximum Gasteiger partial charge on any atom is 0.132 e. The Balaban J connectivity index is 2.31. The SMILES string of the molecule is Fc1ccc(F)c(-c2[nH]c3ccccc3c2Br)c1. The van der Waals surface area contributed by atoms with Gasteiger partial charge < -0.3 is 4.98 Å². The third-order valence-corrected chi connectivity index (χ3v) is 3.66. The van der Waals surface area contributed by atoms with Crippen molar-refractivity contribution >= 4 is 26.8 Å². The molecule has 90 valence electrons. The number of hydrogen-bond donors (Lipinski definition) is 1. The van der Waals surface area contributed by atoms with E-state index in [1.165, 1.54) is 6.07 Å². The molecule has 1 nitrogen and oxygen atoms in total. The zero-order valence-electron chi connectivity index (χ0n) is 9.18. The van der Waals surface area contributed by atoms with E-state index in [4.69, 9.17) is 0 Å². The van der Waals surface area contributed by atoms with E-state index in [-0.39, 0.29) is 5.56 Å². The van der Waals surface area contributed by atoms with Gasteiger partial charge in [0, 0.05) is 16.5 Å². The van der Waals surface area contributed by atoms with Gasteiger partial charge >= 0.3 is 0 Å². The highest BCUT2D eigenvalue weighted by molar-refractivity contribution is 9.10.